The zero-order chi connectivity index (χ0) is 28.5. The summed E-state index contributed by atoms with van der Waals surface area (Å²) >= 11 is 6.10. The van der Waals surface area contributed by atoms with Crippen molar-refractivity contribution in [2.24, 2.45) is 0 Å². The first-order chi connectivity index (χ1) is 19.9. The van der Waals surface area contributed by atoms with Gasteiger partial charge in [-0.15, -0.1) is 5.10 Å². The quantitative estimate of drug-likeness (QED) is 0.257. The highest BCUT2D eigenvalue weighted by molar-refractivity contribution is 6.31. The number of likely N-dealkylation sites (tertiary alicyclic amines) is 1. The van der Waals surface area contributed by atoms with Gasteiger partial charge < -0.3 is 4.90 Å². The number of pyridine rings is 2. The normalized spacial score (nSPS) is 14.3. The molecular formula is C27H21ClF3N9O. The number of carbonyl (C=O) groups is 1. The number of hydrogen-bond acceptors (Lipinski definition) is 7. The van der Waals surface area contributed by atoms with Crippen molar-refractivity contribution in [1.82, 2.24) is 44.9 Å². The maximum atomic E-state index is 15.3. The van der Waals surface area contributed by atoms with Gasteiger partial charge in [-0.2, -0.15) is 9.78 Å². The van der Waals surface area contributed by atoms with Crippen LogP contribution in [0.2, 0.25) is 5.02 Å². The molecule has 1 aromatic carbocycles. The summed E-state index contributed by atoms with van der Waals surface area (Å²) in [6.07, 6.45) is 5.99. The second-order valence-corrected chi connectivity index (χ2v) is 9.83. The number of benzene rings is 1. The molecule has 5 aromatic rings. The number of tetrazole rings is 1. The van der Waals surface area contributed by atoms with Gasteiger partial charge in [-0.1, -0.05) is 17.7 Å². The third-order valence-corrected chi connectivity index (χ3v) is 7.20. The minimum Gasteiger partial charge on any atom is -0.340 e. The van der Waals surface area contributed by atoms with E-state index >= 15 is 4.39 Å². The number of alkyl halides is 2. The first-order valence-corrected chi connectivity index (χ1v) is 13.0. The Balaban J connectivity index is 1.37. The maximum Gasteiger partial charge on any atom is 0.280 e. The number of hydrogen-bond donors (Lipinski definition) is 0. The molecule has 1 saturated heterocycles. The highest BCUT2D eigenvalue weighted by Gasteiger charge is 2.27. The Labute approximate surface area is 236 Å². The Morgan fingerprint density at radius 1 is 1.00 bits per heavy atom. The van der Waals surface area contributed by atoms with Gasteiger partial charge in [0.1, 0.15) is 18.1 Å². The Morgan fingerprint density at radius 3 is 2.59 bits per heavy atom. The first kappa shape index (κ1) is 26.6. The van der Waals surface area contributed by atoms with Gasteiger partial charge in [-0.3, -0.25) is 19.4 Å². The fourth-order valence-electron chi connectivity index (χ4n) is 4.85. The lowest BCUT2D eigenvalue weighted by Gasteiger charge is -2.24. The third kappa shape index (κ3) is 5.27. The lowest BCUT2D eigenvalue weighted by molar-refractivity contribution is -0.128. The van der Waals surface area contributed by atoms with Crippen LogP contribution in [-0.2, 0) is 4.79 Å². The molecule has 1 unspecified atom stereocenters. The molecule has 5 heterocycles. The van der Waals surface area contributed by atoms with Crippen molar-refractivity contribution >= 4 is 17.5 Å². The molecule has 1 aliphatic rings. The van der Waals surface area contributed by atoms with Gasteiger partial charge in [0.2, 0.25) is 5.91 Å². The molecular weight excluding hydrogens is 559 g/mol. The summed E-state index contributed by atoms with van der Waals surface area (Å²) in [5.74, 6) is -0.618. The van der Waals surface area contributed by atoms with Crippen LogP contribution in [0.25, 0.3) is 27.9 Å². The van der Waals surface area contributed by atoms with E-state index in [1.54, 1.807) is 46.2 Å². The predicted molar refractivity (Wildman–Crippen MR) is 142 cm³/mol. The molecule has 14 heteroatoms. The third-order valence-electron chi connectivity index (χ3n) is 6.91. The van der Waals surface area contributed by atoms with Crippen molar-refractivity contribution in [2.75, 3.05) is 13.1 Å². The van der Waals surface area contributed by atoms with Crippen LogP contribution in [0.15, 0.2) is 67.5 Å². The summed E-state index contributed by atoms with van der Waals surface area (Å²) in [7, 11) is 0. The van der Waals surface area contributed by atoms with Crippen LogP contribution in [0.5, 0.6) is 0 Å². The van der Waals surface area contributed by atoms with Crippen molar-refractivity contribution in [3.05, 3.63) is 89.7 Å². The smallest absolute Gasteiger partial charge is 0.280 e. The number of halogens is 4. The van der Waals surface area contributed by atoms with Crippen LogP contribution in [0.4, 0.5) is 13.2 Å². The van der Waals surface area contributed by atoms with Crippen molar-refractivity contribution < 1.29 is 18.0 Å². The molecule has 0 aliphatic carbocycles. The van der Waals surface area contributed by atoms with Gasteiger partial charge in [0.25, 0.3) is 6.43 Å². The fourth-order valence-corrected chi connectivity index (χ4v) is 5.01. The molecule has 208 valence electrons. The van der Waals surface area contributed by atoms with E-state index in [1.165, 1.54) is 35.5 Å². The molecule has 10 nitrogen and oxygen atoms in total. The summed E-state index contributed by atoms with van der Waals surface area (Å²) in [5.41, 5.74) is 2.36. The molecule has 0 spiro atoms. The SMILES string of the molecule is O=C1CCCN1CC(c1ccc(-c2c(-n3cnnn3)ccc(Cl)c2F)cn1)n1cc(-c2ccnc(C(F)F)c2)cn1. The molecule has 4 aromatic heterocycles. The molecule has 1 aliphatic heterocycles. The summed E-state index contributed by atoms with van der Waals surface area (Å²) in [4.78, 5) is 22.6. The summed E-state index contributed by atoms with van der Waals surface area (Å²) < 4.78 is 44.7. The van der Waals surface area contributed by atoms with Crippen molar-refractivity contribution in [3.63, 3.8) is 0 Å². The van der Waals surface area contributed by atoms with E-state index in [0.29, 0.717) is 47.6 Å². The lowest BCUT2D eigenvalue weighted by Crippen LogP contribution is -2.33. The molecule has 1 atom stereocenters. The molecule has 41 heavy (non-hydrogen) atoms. The van der Waals surface area contributed by atoms with Crippen LogP contribution in [0.3, 0.4) is 0 Å². The Kier molecular flexibility index (Phi) is 7.18. The standard InChI is InChI=1S/C27H21ClF3N9O/c28-19-4-6-22(40-15-34-36-37-40)25(26(19)29)17-3-5-20(33-11-17)23(14-38-9-1-2-24(38)41)39-13-18(12-35-39)16-7-8-32-21(10-16)27(30)31/h3-8,10-13,15,23,27H,1-2,9,14H2. The van der Waals surface area contributed by atoms with Crippen molar-refractivity contribution in [1.29, 1.82) is 0 Å². The minimum atomic E-state index is -2.70. The maximum absolute atomic E-state index is 15.3. The number of amides is 1. The van der Waals surface area contributed by atoms with E-state index in [0.717, 1.165) is 6.42 Å². The Hall–Kier alpha value is -4.65. The van der Waals surface area contributed by atoms with Crippen LogP contribution < -0.4 is 0 Å². The molecule has 0 saturated carbocycles. The van der Waals surface area contributed by atoms with Crippen LogP contribution in [0, 0.1) is 5.82 Å². The molecule has 6 rings (SSSR count). The van der Waals surface area contributed by atoms with E-state index in [4.69, 9.17) is 11.6 Å². The van der Waals surface area contributed by atoms with E-state index in [9.17, 15) is 13.6 Å². The van der Waals surface area contributed by atoms with Crippen molar-refractivity contribution in [3.8, 4) is 27.9 Å². The Bertz CT molecular complexity index is 1690. The Morgan fingerprint density at radius 2 is 1.88 bits per heavy atom. The summed E-state index contributed by atoms with van der Waals surface area (Å²) in [6, 6.07) is 8.90. The van der Waals surface area contributed by atoms with Gasteiger partial charge in [-0.05, 0) is 52.7 Å². The zero-order valence-corrected chi connectivity index (χ0v) is 22.0. The van der Waals surface area contributed by atoms with E-state index in [2.05, 4.69) is 30.6 Å². The highest BCUT2D eigenvalue weighted by Crippen LogP contribution is 2.34. The van der Waals surface area contributed by atoms with E-state index < -0.39 is 18.3 Å². The molecule has 0 radical (unpaired) electrons. The van der Waals surface area contributed by atoms with E-state index in [-0.39, 0.29) is 22.2 Å². The second-order valence-electron chi connectivity index (χ2n) is 9.42. The number of nitrogens with zero attached hydrogens (tertiary/aromatic N) is 9. The largest absolute Gasteiger partial charge is 0.340 e. The van der Waals surface area contributed by atoms with Crippen LogP contribution in [-0.4, -0.2) is 63.9 Å². The predicted octanol–water partition coefficient (Wildman–Crippen LogP) is 4.92. The number of carbonyl (C=O) groups excluding carboxylic acids is 1. The lowest BCUT2D eigenvalue weighted by atomic mass is 10.0. The van der Waals surface area contributed by atoms with Gasteiger partial charge in [-0.25, -0.2) is 13.2 Å². The van der Waals surface area contributed by atoms with Gasteiger partial charge in [0, 0.05) is 54.8 Å². The monoisotopic (exact) mass is 579 g/mol. The van der Waals surface area contributed by atoms with Crippen LogP contribution >= 0.6 is 11.6 Å². The molecule has 1 fully saturated rings. The highest BCUT2D eigenvalue weighted by atomic mass is 35.5. The minimum absolute atomic E-state index is 0.0294. The topological polar surface area (TPSA) is 108 Å². The van der Waals surface area contributed by atoms with E-state index in [1.807, 2.05) is 0 Å². The molecule has 0 N–H and O–H groups in total. The van der Waals surface area contributed by atoms with Gasteiger partial charge >= 0.3 is 0 Å². The molecule has 1 amide bonds. The summed E-state index contributed by atoms with van der Waals surface area (Å²) in [5, 5.41) is 15.5. The molecule has 0 bridgehead atoms. The fraction of sp³-hybridized carbons (Fsp3) is 0.222. The average Bonchev–Trinajstić information content (AvgIpc) is 3.77. The summed E-state index contributed by atoms with van der Waals surface area (Å²) in [6.45, 7) is 0.902. The first-order valence-electron chi connectivity index (χ1n) is 12.6. The second kappa shape index (κ2) is 11.1. The van der Waals surface area contributed by atoms with Crippen LogP contribution in [0.1, 0.15) is 36.7 Å². The number of rotatable bonds is 8. The van der Waals surface area contributed by atoms with Crippen molar-refractivity contribution in [2.45, 2.75) is 25.3 Å². The number of aromatic nitrogens is 8. The van der Waals surface area contributed by atoms with Gasteiger partial charge in [0.05, 0.1) is 22.6 Å². The average molecular weight is 580 g/mol. The zero-order valence-electron chi connectivity index (χ0n) is 21.3. The van der Waals surface area contributed by atoms with Gasteiger partial charge in [0.15, 0.2) is 5.82 Å².